The van der Waals surface area contributed by atoms with E-state index in [0.29, 0.717) is 33.2 Å². The minimum absolute atomic E-state index is 0.219. The second-order valence-corrected chi connectivity index (χ2v) is 7.79. The molecule has 3 atom stereocenters. The van der Waals surface area contributed by atoms with Crippen LogP contribution in [-0.2, 0) is 9.53 Å². The smallest absolute Gasteiger partial charge is 0.328 e. The first kappa shape index (κ1) is 16.8. The molecule has 1 aromatic carbocycles. The molecule has 8 heteroatoms. The van der Waals surface area contributed by atoms with Crippen molar-refractivity contribution in [2.24, 2.45) is 11.8 Å². The summed E-state index contributed by atoms with van der Waals surface area (Å²) in [6.45, 7) is 0.782. The Labute approximate surface area is 165 Å². The minimum Gasteiger partial charge on any atom is -0.467 e. The summed E-state index contributed by atoms with van der Waals surface area (Å²) in [6.07, 6.45) is 6.36. The van der Waals surface area contributed by atoms with E-state index in [-0.39, 0.29) is 12.0 Å². The predicted octanol–water partition coefficient (Wildman–Crippen LogP) is 3.73. The largest absolute Gasteiger partial charge is 0.467 e. The van der Waals surface area contributed by atoms with Gasteiger partial charge in [-0.3, -0.25) is 0 Å². The molecule has 3 heterocycles. The van der Waals surface area contributed by atoms with Crippen molar-refractivity contribution < 1.29 is 9.53 Å². The first-order valence-corrected chi connectivity index (χ1v) is 9.45. The number of pyridine rings is 1. The average molecular weight is 403 g/mol. The molecule has 0 spiro atoms. The van der Waals surface area contributed by atoms with E-state index in [1.807, 2.05) is 27.8 Å². The number of imidazole rings is 1. The standard InChI is InChI=1S/C19H16Cl2N4O2/c1-27-19(26)18-12-6-10(12)8-25(18)15-7-14(24-5-4-22-9-24)11-2-3-13(20)16(21)17(11)23-15/h2-5,7,9-10,12,18H,6,8H2,1H3/t10-,12?,18+/m1/s1. The second-order valence-electron chi connectivity index (χ2n) is 7.01. The van der Waals surface area contributed by atoms with Gasteiger partial charge in [0.25, 0.3) is 0 Å². The van der Waals surface area contributed by atoms with Gasteiger partial charge in [-0.2, -0.15) is 0 Å². The highest BCUT2D eigenvalue weighted by atomic mass is 35.5. The zero-order valence-electron chi connectivity index (χ0n) is 14.5. The fourth-order valence-electron chi connectivity index (χ4n) is 4.09. The monoisotopic (exact) mass is 402 g/mol. The lowest BCUT2D eigenvalue weighted by Gasteiger charge is -2.27. The maximum absolute atomic E-state index is 12.4. The van der Waals surface area contributed by atoms with Gasteiger partial charge in [-0.25, -0.2) is 14.8 Å². The minimum atomic E-state index is -0.307. The van der Waals surface area contributed by atoms with Crippen molar-refractivity contribution in [1.82, 2.24) is 14.5 Å². The SMILES string of the molecule is COC(=O)[C@@H]1C2C[C@@H]2CN1c1cc(-n2ccnc2)c2ccc(Cl)c(Cl)c2n1. The van der Waals surface area contributed by atoms with E-state index in [9.17, 15) is 4.79 Å². The summed E-state index contributed by atoms with van der Waals surface area (Å²) < 4.78 is 6.95. The highest BCUT2D eigenvalue weighted by Crippen LogP contribution is 2.51. The van der Waals surface area contributed by atoms with Gasteiger partial charge < -0.3 is 14.2 Å². The van der Waals surface area contributed by atoms with E-state index in [2.05, 4.69) is 4.98 Å². The lowest BCUT2D eigenvalue weighted by Crippen LogP contribution is -2.40. The Kier molecular flexibility index (Phi) is 3.81. The van der Waals surface area contributed by atoms with Crippen LogP contribution in [0.5, 0.6) is 0 Å². The van der Waals surface area contributed by atoms with Gasteiger partial charge in [0, 0.05) is 30.4 Å². The molecule has 1 aliphatic heterocycles. The molecule has 6 nitrogen and oxygen atoms in total. The van der Waals surface area contributed by atoms with E-state index in [0.717, 1.165) is 24.0 Å². The van der Waals surface area contributed by atoms with Crippen molar-refractivity contribution in [2.75, 3.05) is 18.6 Å². The summed E-state index contributed by atoms with van der Waals surface area (Å²) in [4.78, 5) is 23.3. The number of hydrogen-bond acceptors (Lipinski definition) is 5. The number of fused-ring (bicyclic) bond motifs is 2. The Morgan fingerprint density at radius 3 is 2.93 bits per heavy atom. The molecular weight excluding hydrogens is 387 g/mol. The lowest BCUT2D eigenvalue weighted by molar-refractivity contribution is -0.142. The second kappa shape index (κ2) is 6.11. The summed E-state index contributed by atoms with van der Waals surface area (Å²) >= 11 is 12.7. The Morgan fingerprint density at radius 2 is 2.19 bits per heavy atom. The maximum atomic E-state index is 12.4. The van der Waals surface area contributed by atoms with Crippen LogP contribution >= 0.6 is 23.2 Å². The molecule has 2 aliphatic rings. The quantitative estimate of drug-likeness (QED) is 0.624. The van der Waals surface area contributed by atoms with Crippen molar-refractivity contribution in [3.8, 4) is 5.69 Å². The van der Waals surface area contributed by atoms with Crippen LogP contribution in [0.4, 0.5) is 5.82 Å². The zero-order chi connectivity index (χ0) is 18.7. The van der Waals surface area contributed by atoms with Crippen LogP contribution in [0.1, 0.15) is 6.42 Å². The average Bonchev–Trinajstić information content (AvgIpc) is 3.10. The normalized spacial score (nSPS) is 23.5. The van der Waals surface area contributed by atoms with Gasteiger partial charge in [-0.1, -0.05) is 23.2 Å². The highest BCUT2D eigenvalue weighted by molar-refractivity contribution is 6.45. The number of benzene rings is 1. The third-order valence-electron chi connectivity index (χ3n) is 5.51. The third kappa shape index (κ3) is 2.58. The number of piperidine rings is 1. The molecule has 0 bridgehead atoms. The van der Waals surface area contributed by atoms with E-state index in [4.69, 9.17) is 32.9 Å². The number of ether oxygens (including phenoxy) is 1. The van der Waals surface area contributed by atoms with Crippen LogP contribution in [0.25, 0.3) is 16.6 Å². The molecule has 2 fully saturated rings. The molecule has 3 aromatic rings. The van der Waals surface area contributed by atoms with Gasteiger partial charge in [0.05, 0.1) is 34.7 Å². The van der Waals surface area contributed by atoms with Crippen LogP contribution in [0, 0.1) is 11.8 Å². The van der Waals surface area contributed by atoms with Crippen LogP contribution in [0.3, 0.4) is 0 Å². The zero-order valence-corrected chi connectivity index (χ0v) is 16.0. The van der Waals surface area contributed by atoms with E-state index in [1.54, 1.807) is 18.6 Å². The number of hydrogen-bond donors (Lipinski definition) is 0. The Bertz CT molecular complexity index is 1050. The fraction of sp³-hybridized carbons (Fsp3) is 0.316. The lowest BCUT2D eigenvalue weighted by atomic mass is 10.1. The number of anilines is 1. The number of rotatable bonds is 3. The van der Waals surface area contributed by atoms with E-state index < -0.39 is 0 Å². The van der Waals surface area contributed by atoms with Gasteiger partial charge in [0.1, 0.15) is 11.9 Å². The van der Waals surface area contributed by atoms with Crippen LogP contribution < -0.4 is 4.90 Å². The van der Waals surface area contributed by atoms with Gasteiger partial charge >= 0.3 is 5.97 Å². The van der Waals surface area contributed by atoms with Gasteiger partial charge in [-0.15, -0.1) is 0 Å². The van der Waals surface area contributed by atoms with Crippen molar-refractivity contribution in [1.29, 1.82) is 0 Å². The number of nitrogens with zero attached hydrogens (tertiary/aromatic N) is 4. The molecular formula is C19H16Cl2N4O2. The topological polar surface area (TPSA) is 60.2 Å². The summed E-state index contributed by atoms with van der Waals surface area (Å²) in [6, 6.07) is 5.32. The number of aromatic nitrogens is 3. The maximum Gasteiger partial charge on any atom is 0.328 e. The van der Waals surface area contributed by atoms with Crippen molar-refractivity contribution >= 4 is 45.9 Å². The van der Waals surface area contributed by atoms with Crippen molar-refractivity contribution in [2.45, 2.75) is 12.5 Å². The Hall–Kier alpha value is -2.31. The molecule has 138 valence electrons. The van der Waals surface area contributed by atoms with Crippen LogP contribution in [0.2, 0.25) is 10.0 Å². The van der Waals surface area contributed by atoms with Gasteiger partial charge in [0.15, 0.2) is 0 Å². The Morgan fingerprint density at radius 1 is 1.33 bits per heavy atom. The molecule has 0 radical (unpaired) electrons. The third-order valence-corrected chi connectivity index (χ3v) is 6.30. The summed E-state index contributed by atoms with van der Waals surface area (Å²) in [5.74, 6) is 1.32. The molecule has 0 N–H and O–H groups in total. The highest BCUT2D eigenvalue weighted by Gasteiger charge is 2.56. The van der Waals surface area contributed by atoms with Crippen molar-refractivity contribution in [3.63, 3.8) is 0 Å². The number of carbonyl (C=O) groups is 1. The summed E-state index contributed by atoms with van der Waals surface area (Å²) in [5.41, 5.74) is 1.49. The van der Waals surface area contributed by atoms with E-state index in [1.165, 1.54) is 7.11 Å². The number of esters is 1. The molecule has 27 heavy (non-hydrogen) atoms. The Balaban J connectivity index is 1.71. The predicted molar refractivity (Wildman–Crippen MR) is 104 cm³/mol. The molecule has 2 aromatic heterocycles. The molecule has 1 saturated carbocycles. The molecule has 5 rings (SSSR count). The molecule has 1 aliphatic carbocycles. The van der Waals surface area contributed by atoms with Crippen molar-refractivity contribution in [3.05, 3.63) is 47.0 Å². The summed E-state index contributed by atoms with van der Waals surface area (Å²) in [5, 5.41) is 1.71. The van der Waals surface area contributed by atoms with Gasteiger partial charge in [-0.05, 0) is 30.4 Å². The van der Waals surface area contributed by atoms with Crippen LogP contribution in [0.15, 0.2) is 36.9 Å². The first-order chi connectivity index (χ1) is 13.1. The molecule has 1 unspecified atom stereocenters. The first-order valence-electron chi connectivity index (χ1n) is 8.70. The van der Waals surface area contributed by atoms with E-state index >= 15 is 0 Å². The van der Waals surface area contributed by atoms with Gasteiger partial charge in [0.2, 0.25) is 0 Å². The molecule has 1 saturated heterocycles. The summed E-state index contributed by atoms with van der Waals surface area (Å²) in [7, 11) is 1.43. The molecule has 0 amide bonds. The number of methoxy groups -OCH3 is 1. The number of carbonyl (C=O) groups excluding carboxylic acids is 1. The van der Waals surface area contributed by atoms with Crippen LogP contribution in [-0.4, -0.2) is 40.2 Å². The fourth-order valence-corrected chi connectivity index (χ4v) is 4.45. The number of halogens is 2.